The minimum absolute atomic E-state index is 0.565. The van der Waals surface area contributed by atoms with Crippen molar-refractivity contribution in [2.24, 2.45) is 12.9 Å². The van der Waals surface area contributed by atoms with E-state index in [2.05, 4.69) is 21.7 Å². The summed E-state index contributed by atoms with van der Waals surface area (Å²) in [6.07, 6.45) is 1.69. The molecule has 0 spiro atoms. The summed E-state index contributed by atoms with van der Waals surface area (Å²) in [6, 6.07) is 8.01. The monoisotopic (exact) mass is 247 g/mol. The van der Waals surface area contributed by atoms with Crippen LogP contribution in [0.25, 0.3) is 0 Å². The van der Waals surface area contributed by atoms with E-state index in [0.717, 1.165) is 24.4 Å². The van der Waals surface area contributed by atoms with Crippen LogP contribution in [0.5, 0.6) is 5.75 Å². The Hall–Kier alpha value is -2.08. The minimum Gasteiger partial charge on any atom is -0.497 e. The number of aromatic nitrogens is 3. The number of hydrazine groups is 1. The van der Waals surface area contributed by atoms with E-state index in [0.29, 0.717) is 5.95 Å². The van der Waals surface area contributed by atoms with Gasteiger partial charge >= 0.3 is 0 Å². The van der Waals surface area contributed by atoms with Crippen LogP contribution in [0.3, 0.4) is 0 Å². The summed E-state index contributed by atoms with van der Waals surface area (Å²) in [5.41, 5.74) is 3.71. The maximum atomic E-state index is 5.32. The molecule has 0 unspecified atom stereocenters. The number of benzene rings is 1. The summed E-state index contributed by atoms with van der Waals surface area (Å²) in [6.45, 7) is 0. The van der Waals surface area contributed by atoms with Crippen molar-refractivity contribution in [3.63, 3.8) is 0 Å². The first-order valence-corrected chi connectivity index (χ1v) is 5.72. The molecule has 0 aliphatic carbocycles. The highest BCUT2D eigenvalue weighted by atomic mass is 16.5. The molecule has 0 fully saturated rings. The number of nitrogens with one attached hydrogen (secondary N) is 1. The van der Waals surface area contributed by atoms with Gasteiger partial charge in [0.1, 0.15) is 11.6 Å². The molecule has 2 aromatic rings. The Bertz CT molecular complexity index is 523. The number of rotatable bonds is 5. The lowest BCUT2D eigenvalue weighted by atomic mass is 10.1. The molecular formula is C12H17N5O. The summed E-state index contributed by atoms with van der Waals surface area (Å²) >= 11 is 0. The SMILES string of the molecule is COc1cccc(CCc2nnc(NN)n2C)c1. The van der Waals surface area contributed by atoms with Crippen molar-refractivity contribution < 1.29 is 4.74 Å². The van der Waals surface area contributed by atoms with Crippen molar-refractivity contribution in [1.29, 1.82) is 0 Å². The van der Waals surface area contributed by atoms with Crippen molar-refractivity contribution in [2.45, 2.75) is 12.8 Å². The first-order valence-electron chi connectivity index (χ1n) is 5.72. The molecule has 0 saturated carbocycles. The van der Waals surface area contributed by atoms with Crippen LogP contribution in [-0.4, -0.2) is 21.9 Å². The van der Waals surface area contributed by atoms with Gasteiger partial charge in [-0.3, -0.25) is 9.99 Å². The van der Waals surface area contributed by atoms with Crippen LogP contribution in [0, 0.1) is 0 Å². The number of ether oxygens (including phenoxy) is 1. The van der Waals surface area contributed by atoms with Gasteiger partial charge in [-0.1, -0.05) is 12.1 Å². The van der Waals surface area contributed by atoms with E-state index in [4.69, 9.17) is 10.6 Å². The van der Waals surface area contributed by atoms with Crippen molar-refractivity contribution in [2.75, 3.05) is 12.5 Å². The van der Waals surface area contributed by atoms with Gasteiger partial charge in [0, 0.05) is 13.5 Å². The molecule has 1 heterocycles. The lowest BCUT2D eigenvalue weighted by Gasteiger charge is -2.05. The van der Waals surface area contributed by atoms with Gasteiger partial charge in [0.25, 0.3) is 0 Å². The van der Waals surface area contributed by atoms with Gasteiger partial charge < -0.3 is 4.74 Å². The van der Waals surface area contributed by atoms with Crippen LogP contribution in [0.15, 0.2) is 24.3 Å². The molecular weight excluding hydrogens is 230 g/mol. The number of nitrogens with zero attached hydrogens (tertiary/aromatic N) is 3. The first kappa shape index (κ1) is 12.4. The Balaban J connectivity index is 2.04. The summed E-state index contributed by atoms with van der Waals surface area (Å²) in [5.74, 6) is 7.65. The van der Waals surface area contributed by atoms with Gasteiger partial charge in [-0.05, 0) is 24.1 Å². The van der Waals surface area contributed by atoms with Gasteiger partial charge in [0.05, 0.1) is 7.11 Å². The summed E-state index contributed by atoms with van der Waals surface area (Å²) in [5, 5.41) is 8.02. The molecule has 2 rings (SSSR count). The Labute approximate surface area is 106 Å². The van der Waals surface area contributed by atoms with E-state index in [1.807, 2.05) is 29.8 Å². The second-order valence-corrected chi connectivity index (χ2v) is 3.99. The number of nitrogen functional groups attached to an aromatic ring is 1. The van der Waals surface area contributed by atoms with Crippen LogP contribution in [-0.2, 0) is 19.9 Å². The van der Waals surface area contributed by atoms with Crippen LogP contribution in [0.1, 0.15) is 11.4 Å². The highest BCUT2D eigenvalue weighted by Gasteiger charge is 2.07. The summed E-state index contributed by atoms with van der Waals surface area (Å²) in [7, 11) is 3.55. The van der Waals surface area contributed by atoms with Crippen molar-refractivity contribution >= 4 is 5.95 Å². The third kappa shape index (κ3) is 2.60. The molecule has 6 heteroatoms. The van der Waals surface area contributed by atoms with E-state index in [-0.39, 0.29) is 0 Å². The molecule has 0 atom stereocenters. The minimum atomic E-state index is 0.565. The van der Waals surface area contributed by atoms with Crippen LogP contribution >= 0.6 is 0 Å². The molecule has 0 bridgehead atoms. The molecule has 6 nitrogen and oxygen atoms in total. The fourth-order valence-electron chi connectivity index (χ4n) is 1.79. The van der Waals surface area contributed by atoms with E-state index in [1.54, 1.807) is 7.11 Å². The number of methoxy groups -OCH3 is 1. The molecule has 1 aromatic heterocycles. The van der Waals surface area contributed by atoms with Gasteiger partial charge in [-0.25, -0.2) is 5.84 Å². The van der Waals surface area contributed by atoms with E-state index < -0.39 is 0 Å². The molecule has 0 saturated heterocycles. The van der Waals surface area contributed by atoms with Gasteiger partial charge in [0.15, 0.2) is 0 Å². The number of hydrogen-bond acceptors (Lipinski definition) is 5. The van der Waals surface area contributed by atoms with E-state index >= 15 is 0 Å². The highest BCUT2D eigenvalue weighted by molar-refractivity contribution is 5.29. The zero-order valence-electron chi connectivity index (χ0n) is 10.6. The second-order valence-electron chi connectivity index (χ2n) is 3.99. The second kappa shape index (κ2) is 5.50. The fourth-order valence-corrected chi connectivity index (χ4v) is 1.79. The first-order chi connectivity index (χ1) is 8.74. The van der Waals surface area contributed by atoms with Crippen LogP contribution in [0.4, 0.5) is 5.95 Å². The number of anilines is 1. The average molecular weight is 247 g/mol. The molecule has 0 radical (unpaired) electrons. The van der Waals surface area contributed by atoms with Crippen molar-refractivity contribution in [1.82, 2.24) is 14.8 Å². The third-order valence-corrected chi connectivity index (χ3v) is 2.87. The molecule has 0 amide bonds. The number of nitrogens with two attached hydrogens (primary N) is 1. The zero-order chi connectivity index (χ0) is 13.0. The Morgan fingerprint density at radius 2 is 2.17 bits per heavy atom. The number of aryl methyl sites for hydroxylation is 2. The maximum Gasteiger partial charge on any atom is 0.238 e. The summed E-state index contributed by atoms with van der Waals surface area (Å²) in [4.78, 5) is 0. The normalized spacial score (nSPS) is 10.4. The molecule has 18 heavy (non-hydrogen) atoms. The van der Waals surface area contributed by atoms with E-state index in [1.165, 1.54) is 5.56 Å². The number of hydrogen-bond donors (Lipinski definition) is 2. The van der Waals surface area contributed by atoms with Crippen molar-refractivity contribution in [3.05, 3.63) is 35.7 Å². The Kier molecular flexibility index (Phi) is 3.78. The molecule has 0 aliphatic heterocycles. The smallest absolute Gasteiger partial charge is 0.238 e. The lowest BCUT2D eigenvalue weighted by Crippen LogP contribution is -2.12. The van der Waals surface area contributed by atoms with E-state index in [9.17, 15) is 0 Å². The molecule has 1 aromatic carbocycles. The average Bonchev–Trinajstić information content (AvgIpc) is 2.77. The third-order valence-electron chi connectivity index (χ3n) is 2.87. The predicted octanol–water partition coefficient (Wildman–Crippen LogP) is 0.894. The summed E-state index contributed by atoms with van der Waals surface area (Å²) < 4.78 is 7.04. The largest absolute Gasteiger partial charge is 0.497 e. The highest BCUT2D eigenvalue weighted by Crippen LogP contribution is 2.14. The lowest BCUT2D eigenvalue weighted by molar-refractivity contribution is 0.414. The molecule has 0 aliphatic rings. The van der Waals surface area contributed by atoms with Crippen LogP contribution in [0.2, 0.25) is 0 Å². The van der Waals surface area contributed by atoms with Crippen molar-refractivity contribution in [3.8, 4) is 5.75 Å². The molecule has 3 N–H and O–H groups in total. The Morgan fingerprint density at radius 3 is 2.83 bits per heavy atom. The fraction of sp³-hybridized carbons (Fsp3) is 0.333. The Morgan fingerprint density at radius 1 is 1.33 bits per heavy atom. The van der Waals surface area contributed by atoms with Gasteiger partial charge in [0.2, 0.25) is 5.95 Å². The molecule has 96 valence electrons. The van der Waals surface area contributed by atoms with Gasteiger partial charge in [-0.2, -0.15) is 0 Å². The maximum absolute atomic E-state index is 5.32. The predicted molar refractivity (Wildman–Crippen MR) is 69.2 cm³/mol. The topological polar surface area (TPSA) is 78.0 Å². The zero-order valence-corrected chi connectivity index (χ0v) is 10.6. The van der Waals surface area contributed by atoms with Crippen LogP contribution < -0.4 is 16.0 Å². The quantitative estimate of drug-likeness (QED) is 0.606. The van der Waals surface area contributed by atoms with Gasteiger partial charge in [-0.15, -0.1) is 10.2 Å². The standard InChI is InChI=1S/C12H17N5O/c1-17-11(15-16-12(17)14-13)7-6-9-4-3-5-10(8-9)18-2/h3-5,8H,6-7,13H2,1-2H3,(H,14,16).